The predicted octanol–water partition coefficient (Wildman–Crippen LogP) is 2.71. The Hall–Kier alpha value is -1.89. The third-order valence-corrected chi connectivity index (χ3v) is 8.86. The first-order valence-corrected chi connectivity index (χ1v) is 11.7. The fourth-order valence-corrected chi connectivity index (χ4v) is 8.33. The van der Waals surface area contributed by atoms with Crippen molar-refractivity contribution in [2.75, 3.05) is 0 Å². The van der Waals surface area contributed by atoms with Gasteiger partial charge in [-0.15, -0.1) is 0 Å². The normalized spacial score (nSPS) is 49.1. The van der Waals surface area contributed by atoms with Gasteiger partial charge in [0.15, 0.2) is 6.10 Å². The number of ether oxygens (including phenoxy) is 4. The van der Waals surface area contributed by atoms with E-state index >= 15 is 0 Å². The minimum atomic E-state index is -0.713. The van der Waals surface area contributed by atoms with Gasteiger partial charge in [-0.05, 0) is 63.7 Å². The van der Waals surface area contributed by atoms with Gasteiger partial charge in [-0.3, -0.25) is 4.79 Å². The van der Waals surface area contributed by atoms with Crippen LogP contribution < -0.4 is 0 Å². The molecule has 6 saturated carbocycles. The van der Waals surface area contributed by atoms with Crippen LogP contribution in [0.3, 0.4) is 0 Å². The van der Waals surface area contributed by atoms with Gasteiger partial charge in [-0.2, -0.15) is 0 Å². The maximum atomic E-state index is 13.0. The van der Waals surface area contributed by atoms with Crippen molar-refractivity contribution >= 4 is 17.9 Å². The first-order chi connectivity index (χ1) is 14.8. The molecule has 7 nitrogen and oxygen atoms in total. The second-order valence-electron chi connectivity index (χ2n) is 11.0. The molecule has 7 fully saturated rings. The van der Waals surface area contributed by atoms with Gasteiger partial charge in [0.1, 0.15) is 17.8 Å². The molecule has 0 radical (unpaired) electrons. The van der Waals surface area contributed by atoms with E-state index < -0.39 is 17.3 Å². The molecular formula is C24H30O7. The summed E-state index contributed by atoms with van der Waals surface area (Å²) in [6.07, 6.45) is 6.83. The van der Waals surface area contributed by atoms with Crippen LogP contribution in [0.25, 0.3) is 0 Å². The predicted molar refractivity (Wildman–Crippen MR) is 106 cm³/mol. The van der Waals surface area contributed by atoms with Gasteiger partial charge < -0.3 is 18.9 Å². The lowest BCUT2D eigenvalue weighted by Gasteiger charge is -2.60. The number of carbonyl (C=O) groups excluding carboxylic acids is 3. The van der Waals surface area contributed by atoms with Crippen molar-refractivity contribution in [3.8, 4) is 0 Å². The molecule has 6 bridgehead atoms. The minimum absolute atomic E-state index is 0.000108. The summed E-state index contributed by atoms with van der Waals surface area (Å²) in [4.78, 5) is 36.9. The van der Waals surface area contributed by atoms with Gasteiger partial charge >= 0.3 is 17.9 Å². The highest BCUT2D eigenvalue weighted by atomic mass is 16.6. The second-order valence-corrected chi connectivity index (χ2v) is 11.0. The van der Waals surface area contributed by atoms with Crippen molar-refractivity contribution in [3.05, 3.63) is 12.7 Å². The van der Waals surface area contributed by atoms with Gasteiger partial charge in [0.05, 0.1) is 11.5 Å². The van der Waals surface area contributed by atoms with Crippen molar-refractivity contribution in [2.24, 2.45) is 29.6 Å². The van der Waals surface area contributed by atoms with E-state index in [1.807, 2.05) is 0 Å². The van der Waals surface area contributed by atoms with Gasteiger partial charge in [0.25, 0.3) is 0 Å². The zero-order chi connectivity index (χ0) is 21.5. The fourth-order valence-electron chi connectivity index (χ4n) is 8.33. The molecule has 168 valence electrons. The van der Waals surface area contributed by atoms with Gasteiger partial charge in [-0.1, -0.05) is 6.58 Å². The number of fused-ring (bicyclic) bond motifs is 1. The number of carbonyl (C=O) groups is 3. The lowest BCUT2D eigenvalue weighted by molar-refractivity contribution is -0.245. The van der Waals surface area contributed by atoms with Crippen LogP contribution in [0.4, 0.5) is 0 Å². The average molecular weight is 430 g/mol. The monoisotopic (exact) mass is 430 g/mol. The lowest BCUT2D eigenvalue weighted by atomic mass is 9.52. The Kier molecular flexibility index (Phi) is 4.18. The highest BCUT2D eigenvalue weighted by molar-refractivity contribution is 5.81. The molecule has 8 atom stereocenters. The topological polar surface area (TPSA) is 88.1 Å². The van der Waals surface area contributed by atoms with E-state index in [-0.39, 0.29) is 47.9 Å². The lowest BCUT2D eigenvalue weighted by Crippen LogP contribution is -2.62. The van der Waals surface area contributed by atoms with Crippen LogP contribution in [0.5, 0.6) is 0 Å². The van der Waals surface area contributed by atoms with Crippen molar-refractivity contribution in [2.45, 2.75) is 87.8 Å². The minimum Gasteiger partial charge on any atom is -0.458 e. The summed E-state index contributed by atoms with van der Waals surface area (Å²) in [5, 5.41) is 0. The Labute approximate surface area is 181 Å². The van der Waals surface area contributed by atoms with Crippen molar-refractivity contribution in [3.63, 3.8) is 0 Å². The molecule has 0 amide bonds. The van der Waals surface area contributed by atoms with E-state index in [9.17, 15) is 14.4 Å². The van der Waals surface area contributed by atoms with Gasteiger partial charge in [0, 0.05) is 24.3 Å². The number of hydrogen-bond donors (Lipinski definition) is 0. The molecule has 0 aromatic carbocycles. The summed E-state index contributed by atoms with van der Waals surface area (Å²) in [7, 11) is 0. The van der Waals surface area contributed by atoms with E-state index in [2.05, 4.69) is 6.58 Å². The number of esters is 3. The summed E-state index contributed by atoms with van der Waals surface area (Å²) in [5.41, 5.74) is -0.958. The van der Waals surface area contributed by atoms with Crippen LogP contribution in [0, 0.1) is 29.6 Å². The quantitative estimate of drug-likeness (QED) is 0.364. The molecule has 0 N–H and O–H groups in total. The van der Waals surface area contributed by atoms with Crippen LogP contribution in [0.15, 0.2) is 12.7 Å². The SMILES string of the molecule is C=CC(=O)OC12CC3CC(C1)CC(OC(C)C(=O)OC1C4CC5C(=O)OC1C5C4)(C3)C2. The summed E-state index contributed by atoms with van der Waals surface area (Å²) in [6.45, 7) is 5.29. The third-order valence-electron chi connectivity index (χ3n) is 8.86. The largest absolute Gasteiger partial charge is 0.458 e. The van der Waals surface area contributed by atoms with Crippen LogP contribution in [0.2, 0.25) is 0 Å². The van der Waals surface area contributed by atoms with Crippen LogP contribution >= 0.6 is 0 Å². The highest BCUT2D eigenvalue weighted by Gasteiger charge is 2.64. The first-order valence-electron chi connectivity index (χ1n) is 11.7. The molecule has 1 saturated heterocycles. The molecule has 1 aliphatic heterocycles. The van der Waals surface area contributed by atoms with Crippen molar-refractivity contribution in [1.82, 2.24) is 0 Å². The summed E-state index contributed by atoms with van der Waals surface area (Å²) < 4.78 is 23.7. The van der Waals surface area contributed by atoms with Crippen molar-refractivity contribution in [1.29, 1.82) is 0 Å². The van der Waals surface area contributed by atoms with E-state index in [0.717, 1.165) is 44.9 Å². The first kappa shape index (κ1) is 19.8. The Morgan fingerprint density at radius 1 is 1.13 bits per heavy atom. The van der Waals surface area contributed by atoms with Gasteiger partial charge in [-0.25, -0.2) is 9.59 Å². The molecule has 1 heterocycles. The van der Waals surface area contributed by atoms with E-state index in [1.165, 1.54) is 6.08 Å². The summed E-state index contributed by atoms with van der Waals surface area (Å²) in [5.74, 6) is 0.409. The molecule has 31 heavy (non-hydrogen) atoms. The molecule has 0 aromatic rings. The zero-order valence-corrected chi connectivity index (χ0v) is 17.9. The average Bonchev–Trinajstić information content (AvgIpc) is 3.31. The van der Waals surface area contributed by atoms with E-state index in [1.54, 1.807) is 6.92 Å². The van der Waals surface area contributed by atoms with Crippen molar-refractivity contribution < 1.29 is 33.3 Å². The maximum absolute atomic E-state index is 13.0. The van der Waals surface area contributed by atoms with E-state index in [0.29, 0.717) is 18.3 Å². The standard InChI is InChI=1S/C24H30O7/c1-3-18(25)31-24-9-13-4-14(10-24)8-23(7-13,11-24)30-12(2)21(26)28-19-15-5-16-17(6-15)22(27)29-20(16)19/h3,12-17,19-20H,1,4-11H2,2H3. The Morgan fingerprint density at radius 2 is 1.84 bits per heavy atom. The van der Waals surface area contributed by atoms with Crippen LogP contribution in [0.1, 0.15) is 58.3 Å². The van der Waals surface area contributed by atoms with E-state index in [4.69, 9.17) is 18.9 Å². The Balaban J connectivity index is 1.14. The highest BCUT2D eigenvalue weighted by Crippen LogP contribution is 2.60. The zero-order valence-electron chi connectivity index (χ0n) is 17.9. The maximum Gasteiger partial charge on any atom is 0.335 e. The van der Waals surface area contributed by atoms with Gasteiger partial charge in [0.2, 0.25) is 0 Å². The Morgan fingerprint density at radius 3 is 2.55 bits per heavy atom. The number of rotatable bonds is 6. The molecule has 0 aromatic heterocycles. The van der Waals surface area contributed by atoms with Crippen LogP contribution in [-0.4, -0.2) is 47.4 Å². The fraction of sp³-hybridized carbons (Fsp3) is 0.792. The Bertz CT molecular complexity index is 835. The second kappa shape index (κ2) is 6.56. The van der Waals surface area contributed by atoms with Crippen LogP contribution in [-0.2, 0) is 33.3 Å². The molecule has 8 unspecified atom stereocenters. The molecule has 0 spiro atoms. The molecule has 7 aliphatic rings. The third kappa shape index (κ3) is 2.99. The number of hydrogen-bond acceptors (Lipinski definition) is 7. The molecule has 6 aliphatic carbocycles. The molecular weight excluding hydrogens is 400 g/mol. The molecule has 7 rings (SSSR count). The summed E-state index contributed by atoms with van der Waals surface area (Å²) >= 11 is 0. The summed E-state index contributed by atoms with van der Waals surface area (Å²) in [6, 6.07) is 0. The smallest absolute Gasteiger partial charge is 0.335 e. The molecule has 7 heteroatoms.